The third kappa shape index (κ3) is 7.57. The number of hydrogen-bond acceptors (Lipinski definition) is 8. The summed E-state index contributed by atoms with van der Waals surface area (Å²) in [5, 5.41) is 2.47. The predicted octanol–water partition coefficient (Wildman–Crippen LogP) is 3.10. The summed E-state index contributed by atoms with van der Waals surface area (Å²) in [6, 6.07) is 2.79. The molecule has 29 heavy (non-hydrogen) atoms. The van der Waals surface area contributed by atoms with Gasteiger partial charge in [0.05, 0.1) is 7.11 Å². The molecular formula is C19H29N3O7. The normalized spacial score (nSPS) is 11.4. The number of nitrogens with one attached hydrogen (secondary N) is 1. The number of imide groups is 1. The molecule has 3 amide bonds. The first kappa shape index (κ1) is 24.2. The lowest BCUT2D eigenvalue weighted by molar-refractivity contribution is 0.0426. The number of aromatic nitrogens is 1. The van der Waals surface area contributed by atoms with E-state index in [1.807, 2.05) is 0 Å². The van der Waals surface area contributed by atoms with Crippen molar-refractivity contribution < 1.29 is 33.3 Å². The number of ether oxygens (including phenoxy) is 4. The van der Waals surface area contributed by atoms with E-state index in [-0.39, 0.29) is 24.0 Å². The summed E-state index contributed by atoms with van der Waals surface area (Å²) in [6.45, 7) is 9.86. The number of rotatable bonds is 5. The van der Waals surface area contributed by atoms with Crippen LogP contribution in [-0.2, 0) is 14.2 Å². The first-order valence-electron chi connectivity index (χ1n) is 8.87. The van der Waals surface area contributed by atoms with Gasteiger partial charge in [-0.3, -0.25) is 4.79 Å². The summed E-state index contributed by atoms with van der Waals surface area (Å²) in [5.74, 6) is -0.727. The number of nitrogens with zero attached hydrogens (tertiary/aromatic N) is 2. The third-order valence-electron chi connectivity index (χ3n) is 3.03. The first-order valence-corrected chi connectivity index (χ1v) is 8.87. The van der Waals surface area contributed by atoms with Crippen LogP contribution in [0.1, 0.15) is 52.0 Å². The van der Waals surface area contributed by atoms with Crippen molar-refractivity contribution >= 4 is 23.9 Å². The number of carbonyl (C=O) groups excluding carboxylic acids is 3. The van der Waals surface area contributed by atoms with E-state index < -0.39 is 29.3 Å². The zero-order valence-electron chi connectivity index (χ0n) is 18.1. The molecule has 0 saturated heterocycles. The molecule has 0 aliphatic heterocycles. The minimum absolute atomic E-state index is 0.0380. The molecule has 0 unspecified atom stereocenters. The molecule has 1 rings (SSSR count). The molecule has 0 aromatic carbocycles. The van der Waals surface area contributed by atoms with Crippen molar-refractivity contribution in [2.45, 2.75) is 52.7 Å². The summed E-state index contributed by atoms with van der Waals surface area (Å²) in [4.78, 5) is 42.5. The quantitative estimate of drug-likeness (QED) is 0.735. The molecule has 0 aliphatic carbocycles. The van der Waals surface area contributed by atoms with Crippen molar-refractivity contribution in [3.8, 4) is 5.75 Å². The maximum absolute atomic E-state index is 12.8. The number of carbonyl (C=O) groups is 3. The predicted molar refractivity (Wildman–Crippen MR) is 105 cm³/mol. The van der Waals surface area contributed by atoms with Crippen molar-refractivity contribution in [2.75, 3.05) is 25.9 Å². The second-order valence-corrected chi connectivity index (χ2v) is 7.96. The fraction of sp³-hybridized carbons (Fsp3) is 0.579. The number of pyridine rings is 1. The average molecular weight is 411 g/mol. The van der Waals surface area contributed by atoms with Crippen molar-refractivity contribution in [1.29, 1.82) is 0 Å². The van der Waals surface area contributed by atoms with Crippen LogP contribution in [0.2, 0.25) is 0 Å². The van der Waals surface area contributed by atoms with Gasteiger partial charge in [0.1, 0.15) is 23.6 Å². The monoisotopic (exact) mass is 411 g/mol. The highest BCUT2D eigenvalue weighted by Gasteiger charge is 2.36. The van der Waals surface area contributed by atoms with Crippen molar-refractivity contribution in [3.63, 3.8) is 0 Å². The highest BCUT2D eigenvalue weighted by Crippen LogP contribution is 2.29. The van der Waals surface area contributed by atoms with Crippen LogP contribution in [0.3, 0.4) is 0 Å². The Morgan fingerprint density at radius 3 is 1.90 bits per heavy atom. The van der Waals surface area contributed by atoms with Crippen LogP contribution in [0.5, 0.6) is 5.75 Å². The van der Waals surface area contributed by atoms with Crippen LogP contribution in [-0.4, -0.2) is 55.2 Å². The van der Waals surface area contributed by atoms with Crippen molar-refractivity contribution in [2.24, 2.45) is 0 Å². The summed E-state index contributed by atoms with van der Waals surface area (Å²) >= 11 is 0. The Balaban J connectivity index is 3.46. The van der Waals surface area contributed by atoms with Crippen LogP contribution in [0, 0.1) is 0 Å². The molecule has 1 N–H and O–H groups in total. The smallest absolute Gasteiger partial charge is 0.425 e. The van der Waals surface area contributed by atoms with Gasteiger partial charge in [0, 0.05) is 7.11 Å². The molecule has 162 valence electrons. The summed E-state index contributed by atoms with van der Waals surface area (Å²) in [6.07, 6.45) is -2.04. The molecule has 0 atom stereocenters. The van der Waals surface area contributed by atoms with E-state index in [1.54, 1.807) is 41.5 Å². The van der Waals surface area contributed by atoms with Crippen LogP contribution in [0.15, 0.2) is 12.1 Å². The Labute approximate surface area is 170 Å². The maximum atomic E-state index is 12.8. The van der Waals surface area contributed by atoms with E-state index >= 15 is 0 Å². The van der Waals surface area contributed by atoms with Gasteiger partial charge in [-0.15, -0.1) is 0 Å². The number of methoxy groups -OCH3 is 2. The highest BCUT2D eigenvalue weighted by atomic mass is 16.6. The van der Waals surface area contributed by atoms with E-state index in [2.05, 4.69) is 10.3 Å². The number of hydrogen-bond donors (Lipinski definition) is 1. The Kier molecular flexibility index (Phi) is 7.96. The Morgan fingerprint density at radius 2 is 1.48 bits per heavy atom. The average Bonchev–Trinajstić information content (AvgIpc) is 2.56. The lowest BCUT2D eigenvalue weighted by Gasteiger charge is -2.28. The van der Waals surface area contributed by atoms with Crippen LogP contribution < -0.4 is 15.0 Å². The zero-order chi connectivity index (χ0) is 22.4. The fourth-order valence-corrected chi connectivity index (χ4v) is 1.97. The third-order valence-corrected chi connectivity index (χ3v) is 3.03. The minimum atomic E-state index is -1.02. The summed E-state index contributed by atoms with van der Waals surface area (Å²) < 4.78 is 20.7. The molecule has 0 bridgehead atoms. The standard InChI is InChI=1S/C19H29N3O7/c1-18(2,3)28-16(24)22(17(25)29-19(4,5)6)14-13(27-8)10-9-12(21-14)15(23)20-11-26-7/h9-10H,11H2,1-8H3,(H,20,23). The molecule has 0 aliphatic rings. The van der Waals surface area contributed by atoms with Gasteiger partial charge in [0.25, 0.3) is 5.91 Å². The molecule has 0 spiro atoms. The molecule has 10 nitrogen and oxygen atoms in total. The van der Waals surface area contributed by atoms with E-state index in [9.17, 15) is 14.4 Å². The van der Waals surface area contributed by atoms with Crippen LogP contribution in [0.25, 0.3) is 0 Å². The van der Waals surface area contributed by atoms with Gasteiger partial charge >= 0.3 is 12.2 Å². The molecular weight excluding hydrogens is 382 g/mol. The number of amides is 3. The molecule has 1 aromatic rings. The number of anilines is 1. The van der Waals surface area contributed by atoms with Crippen molar-refractivity contribution in [1.82, 2.24) is 10.3 Å². The fourth-order valence-electron chi connectivity index (χ4n) is 1.97. The topological polar surface area (TPSA) is 116 Å². The van der Waals surface area contributed by atoms with Crippen LogP contribution in [0.4, 0.5) is 15.4 Å². The molecule has 1 heterocycles. The van der Waals surface area contributed by atoms with Gasteiger partial charge in [0.15, 0.2) is 11.6 Å². The molecule has 10 heteroatoms. The van der Waals surface area contributed by atoms with Crippen LogP contribution >= 0.6 is 0 Å². The van der Waals surface area contributed by atoms with Gasteiger partial charge < -0.3 is 24.3 Å². The zero-order valence-corrected chi connectivity index (χ0v) is 18.1. The minimum Gasteiger partial charge on any atom is -0.493 e. The second-order valence-electron chi connectivity index (χ2n) is 7.96. The van der Waals surface area contributed by atoms with Gasteiger partial charge in [-0.2, -0.15) is 4.90 Å². The lowest BCUT2D eigenvalue weighted by Crippen LogP contribution is -2.44. The summed E-state index contributed by atoms with van der Waals surface area (Å²) in [5.41, 5.74) is -1.84. The highest BCUT2D eigenvalue weighted by molar-refractivity contribution is 6.10. The molecule has 0 radical (unpaired) electrons. The maximum Gasteiger partial charge on any atom is 0.425 e. The van der Waals surface area contributed by atoms with E-state index in [1.165, 1.54) is 26.4 Å². The van der Waals surface area contributed by atoms with Crippen molar-refractivity contribution in [3.05, 3.63) is 17.8 Å². The van der Waals surface area contributed by atoms with E-state index in [4.69, 9.17) is 18.9 Å². The van der Waals surface area contributed by atoms with Gasteiger partial charge in [-0.05, 0) is 53.7 Å². The van der Waals surface area contributed by atoms with E-state index in [0.29, 0.717) is 4.90 Å². The lowest BCUT2D eigenvalue weighted by atomic mass is 10.2. The molecule has 0 fully saturated rings. The summed E-state index contributed by atoms with van der Waals surface area (Å²) in [7, 11) is 2.76. The van der Waals surface area contributed by atoms with Gasteiger partial charge in [0.2, 0.25) is 0 Å². The Hall–Kier alpha value is -2.88. The Bertz CT molecular complexity index is 723. The SMILES string of the molecule is COCNC(=O)c1ccc(OC)c(N(C(=O)OC(C)(C)C)C(=O)OC(C)(C)C)n1. The van der Waals surface area contributed by atoms with Gasteiger partial charge in [-0.1, -0.05) is 0 Å². The van der Waals surface area contributed by atoms with E-state index in [0.717, 1.165) is 0 Å². The second kappa shape index (κ2) is 9.55. The Morgan fingerprint density at radius 1 is 0.966 bits per heavy atom. The first-order chi connectivity index (χ1) is 13.3. The van der Waals surface area contributed by atoms with Gasteiger partial charge in [-0.25, -0.2) is 14.6 Å². The molecule has 0 saturated carbocycles. The molecule has 1 aromatic heterocycles. The largest absolute Gasteiger partial charge is 0.493 e.